The Balaban J connectivity index is 2.11. The second-order valence-corrected chi connectivity index (χ2v) is 4.57. The van der Waals surface area contributed by atoms with Crippen LogP contribution in [-0.4, -0.2) is 9.78 Å². The van der Waals surface area contributed by atoms with Gasteiger partial charge in [-0.3, -0.25) is 4.68 Å². The van der Waals surface area contributed by atoms with Crippen molar-refractivity contribution >= 4 is 5.69 Å². The maximum atomic E-state index is 12.6. The van der Waals surface area contributed by atoms with E-state index < -0.39 is 11.7 Å². The van der Waals surface area contributed by atoms with Gasteiger partial charge in [-0.15, -0.1) is 0 Å². The van der Waals surface area contributed by atoms with Crippen molar-refractivity contribution in [2.24, 2.45) is 7.05 Å². The number of aryl methyl sites for hydroxylation is 2. The molecule has 0 atom stereocenters. The maximum Gasteiger partial charge on any atom is 0.416 e. The molecular weight excluding hydrogens is 267 g/mol. The Kier molecular flexibility index (Phi) is 4.01. The molecule has 0 aliphatic rings. The molecular formula is C14H16F3N3. The third-order valence-electron chi connectivity index (χ3n) is 2.98. The van der Waals surface area contributed by atoms with Gasteiger partial charge in [-0.25, -0.2) is 0 Å². The van der Waals surface area contributed by atoms with Crippen LogP contribution in [0.25, 0.3) is 0 Å². The highest BCUT2D eigenvalue weighted by molar-refractivity contribution is 5.47. The van der Waals surface area contributed by atoms with Gasteiger partial charge in [0, 0.05) is 19.8 Å². The summed E-state index contributed by atoms with van der Waals surface area (Å²) in [5.41, 5.74) is 1.72. The maximum absolute atomic E-state index is 12.6. The Bertz CT molecular complexity index is 588. The fraction of sp³-hybridized carbons (Fsp3) is 0.357. The van der Waals surface area contributed by atoms with Crippen LogP contribution in [0, 0.1) is 0 Å². The summed E-state index contributed by atoms with van der Waals surface area (Å²) in [5, 5.41) is 7.40. The van der Waals surface area contributed by atoms with Crippen molar-refractivity contribution in [2.75, 3.05) is 5.32 Å². The van der Waals surface area contributed by atoms with E-state index in [1.54, 1.807) is 10.7 Å². The highest BCUT2D eigenvalue weighted by Gasteiger charge is 2.30. The van der Waals surface area contributed by atoms with E-state index in [0.717, 1.165) is 29.9 Å². The first-order valence-corrected chi connectivity index (χ1v) is 6.32. The first-order valence-electron chi connectivity index (χ1n) is 6.32. The van der Waals surface area contributed by atoms with Crippen LogP contribution in [0.5, 0.6) is 0 Å². The molecule has 1 heterocycles. The lowest BCUT2D eigenvalue weighted by Gasteiger charge is -2.10. The third kappa shape index (κ3) is 3.31. The zero-order valence-electron chi connectivity index (χ0n) is 11.3. The minimum atomic E-state index is -4.31. The third-order valence-corrected chi connectivity index (χ3v) is 2.98. The Labute approximate surface area is 115 Å². The molecule has 2 rings (SSSR count). The summed E-state index contributed by atoms with van der Waals surface area (Å²) in [4.78, 5) is 0. The van der Waals surface area contributed by atoms with Crippen molar-refractivity contribution in [1.82, 2.24) is 9.78 Å². The number of halogens is 3. The van der Waals surface area contributed by atoms with E-state index in [9.17, 15) is 13.2 Å². The molecule has 2 aromatic rings. The van der Waals surface area contributed by atoms with Gasteiger partial charge in [0.2, 0.25) is 0 Å². The van der Waals surface area contributed by atoms with E-state index >= 15 is 0 Å². The van der Waals surface area contributed by atoms with Crippen molar-refractivity contribution in [2.45, 2.75) is 26.1 Å². The highest BCUT2D eigenvalue weighted by atomic mass is 19.4. The molecule has 0 aliphatic carbocycles. The van der Waals surface area contributed by atoms with E-state index in [-0.39, 0.29) is 0 Å². The highest BCUT2D eigenvalue weighted by Crippen LogP contribution is 2.29. The predicted octanol–water partition coefficient (Wildman–Crippen LogP) is 3.61. The van der Waals surface area contributed by atoms with Crippen molar-refractivity contribution in [3.8, 4) is 0 Å². The van der Waals surface area contributed by atoms with Gasteiger partial charge in [-0.1, -0.05) is 19.1 Å². The smallest absolute Gasteiger partial charge is 0.378 e. The zero-order chi connectivity index (χ0) is 14.8. The van der Waals surface area contributed by atoms with Crippen molar-refractivity contribution in [3.05, 3.63) is 47.3 Å². The first kappa shape index (κ1) is 14.4. The van der Waals surface area contributed by atoms with E-state index in [1.807, 2.05) is 20.2 Å². The van der Waals surface area contributed by atoms with Gasteiger partial charge in [0.25, 0.3) is 0 Å². The fourth-order valence-electron chi connectivity index (χ4n) is 2.00. The van der Waals surface area contributed by atoms with Gasteiger partial charge in [-0.05, 0) is 24.1 Å². The van der Waals surface area contributed by atoms with Crippen LogP contribution in [0.3, 0.4) is 0 Å². The lowest BCUT2D eigenvalue weighted by atomic mass is 10.1. The van der Waals surface area contributed by atoms with Crippen molar-refractivity contribution in [3.63, 3.8) is 0 Å². The SMILES string of the molecule is CCc1nn(C)cc1NCc1cccc(C(F)(F)F)c1. The lowest BCUT2D eigenvalue weighted by molar-refractivity contribution is -0.137. The van der Waals surface area contributed by atoms with Crippen LogP contribution < -0.4 is 5.32 Å². The summed E-state index contributed by atoms with van der Waals surface area (Å²) >= 11 is 0. The molecule has 108 valence electrons. The topological polar surface area (TPSA) is 29.9 Å². The number of hydrogen-bond acceptors (Lipinski definition) is 2. The number of aromatic nitrogens is 2. The normalized spacial score (nSPS) is 11.7. The molecule has 1 N–H and O–H groups in total. The van der Waals surface area contributed by atoms with Gasteiger partial charge in [0.05, 0.1) is 16.9 Å². The summed E-state index contributed by atoms with van der Waals surface area (Å²) in [6, 6.07) is 5.33. The summed E-state index contributed by atoms with van der Waals surface area (Å²) in [7, 11) is 1.81. The molecule has 20 heavy (non-hydrogen) atoms. The van der Waals surface area contributed by atoms with Crippen LogP contribution in [-0.2, 0) is 26.2 Å². The van der Waals surface area contributed by atoms with E-state index in [4.69, 9.17) is 0 Å². The minimum Gasteiger partial charge on any atom is -0.378 e. The molecule has 6 heteroatoms. The Morgan fingerprint density at radius 1 is 1.30 bits per heavy atom. The molecule has 0 aliphatic heterocycles. The Morgan fingerprint density at radius 2 is 2.05 bits per heavy atom. The standard InChI is InChI=1S/C14H16F3N3/c1-3-12-13(9-20(2)19-12)18-8-10-5-4-6-11(7-10)14(15,16)17/h4-7,9,18H,3,8H2,1-2H3. The number of anilines is 1. The quantitative estimate of drug-likeness (QED) is 0.929. The zero-order valence-corrected chi connectivity index (χ0v) is 11.3. The van der Waals surface area contributed by atoms with Crippen LogP contribution in [0.1, 0.15) is 23.7 Å². The van der Waals surface area contributed by atoms with Crippen LogP contribution >= 0.6 is 0 Å². The van der Waals surface area contributed by atoms with Gasteiger partial charge in [0.1, 0.15) is 0 Å². The number of nitrogens with zero attached hydrogens (tertiary/aromatic N) is 2. The average Bonchev–Trinajstić information content (AvgIpc) is 2.76. The number of rotatable bonds is 4. The second-order valence-electron chi connectivity index (χ2n) is 4.57. The van der Waals surface area contributed by atoms with E-state index in [2.05, 4.69) is 10.4 Å². The Hall–Kier alpha value is -1.98. The van der Waals surface area contributed by atoms with Crippen LogP contribution in [0.15, 0.2) is 30.5 Å². The molecule has 0 unspecified atom stereocenters. The number of nitrogens with one attached hydrogen (secondary N) is 1. The largest absolute Gasteiger partial charge is 0.416 e. The monoisotopic (exact) mass is 283 g/mol. The summed E-state index contributed by atoms with van der Waals surface area (Å²) in [6.07, 6.45) is -1.71. The molecule has 0 saturated heterocycles. The minimum absolute atomic E-state index is 0.336. The van der Waals surface area contributed by atoms with Gasteiger partial charge in [-0.2, -0.15) is 18.3 Å². The molecule has 1 aromatic carbocycles. The van der Waals surface area contributed by atoms with Gasteiger partial charge >= 0.3 is 6.18 Å². The van der Waals surface area contributed by atoms with Gasteiger partial charge < -0.3 is 5.32 Å². The molecule has 0 radical (unpaired) electrons. The summed E-state index contributed by atoms with van der Waals surface area (Å²) in [6.45, 7) is 2.32. The number of benzene rings is 1. The van der Waals surface area contributed by atoms with Crippen LogP contribution in [0.2, 0.25) is 0 Å². The fourth-order valence-corrected chi connectivity index (χ4v) is 2.00. The van der Waals surface area contributed by atoms with Crippen molar-refractivity contribution < 1.29 is 13.2 Å². The van der Waals surface area contributed by atoms with E-state index in [0.29, 0.717) is 12.1 Å². The average molecular weight is 283 g/mol. The lowest BCUT2D eigenvalue weighted by Crippen LogP contribution is -2.07. The second kappa shape index (κ2) is 5.56. The molecule has 3 nitrogen and oxygen atoms in total. The summed E-state index contributed by atoms with van der Waals surface area (Å²) < 4.78 is 39.5. The number of hydrogen-bond donors (Lipinski definition) is 1. The molecule has 0 fully saturated rings. The first-order chi connectivity index (χ1) is 9.40. The van der Waals surface area contributed by atoms with Gasteiger partial charge in [0.15, 0.2) is 0 Å². The van der Waals surface area contributed by atoms with Crippen molar-refractivity contribution in [1.29, 1.82) is 0 Å². The molecule has 1 aromatic heterocycles. The molecule has 0 bridgehead atoms. The number of alkyl halides is 3. The van der Waals surface area contributed by atoms with Crippen LogP contribution in [0.4, 0.5) is 18.9 Å². The predicted molar refractivity (Wildman–Crippen MR) is 71.4 cm³/mol. The summed E-state index contributed by atoms with van der Waals surface area (Å²) in [5.74, 6) is 0. The molecule has 0 spiro atoms. The molecule has 0 saturated carbocycles. The Morgan fingerprint density at radius 3 is 2.70 bits per heavy atom. The molecule has 0 amide bonds. The van der Waals surface area contributed by atoms with E-state index in [1.165, 1.54) is 6.07 Å².